The third kappa shape index (κ3) is 4.90. The van der Waals surface area contributed by atoms with Gasteiger partial charge in [0.2, 0.25) is 5.91 Å². The normalized spacial score (nSPS) is 18.2. The average molecular weight is 341 g/mol. The Morgan fingerprint density at radius 3 is 2.96 bits per heavy atom. The second-order valence-electron chi connectivity index (χ2n) is 6.61. The number of benzene rings is 1. The van der Waals surface area contributed by atoms with Crippen molar-refractivity contribution in [3.05, 3.63) is 42.1 Å². The van der Waals surface area contributed by atoms with Crippen LogP contribution in [0.1, 0.15) is 31.4 Å². The topological polar surface area (TPSA) is 87.0 Å². The number of aromatic amines is 1. The van der Waals surface area contributed by atoms with Crippen LogP contribution in [-0.2, 0) is 11.3 Å². The fourth-order valence-corrected chi connectivity index (χ4v) is 3.37. The Labute approximate surface area is 148 Å². The SMILES string of the molecule is NCCC(=O)NCC1CCCCN1Cc1cc(-c2ccccc2)n[nH]1. The van der Waals surface area contributed by atoms with Crippen LogP contribution in [0.2, 0.25) is 0 Å². The second-order valence-corrected chi connectivity index (χ2v) is 6.61. The first-order valence-corrected chi connectivity index (χ1v) is 9.07. The fourth-order valence-electron chi connectivity index (χ4n) is 3.37. The van der Waals surface area contributed by atoms with Crippen molar-refractivity contribution in [3.8, 4) is 11.3 Å². The van der Waals surface area contributed by atoms with Crippen LogP contribution in [0.5, 0.6) is 0 Å². The summed E-state index contributed by atoms with van der Waals surface area (Å²) in [5.74, 6) is 0.0425. The number of H-pyrrole nitrogens is 1. The number of aromatic nitrogens is 2. The average Bonchev–Trinajstić information content (AvgIpc) is 3.11. The largest absolute Gasteiger partial charge is 0.354 e. The third-order valence-corrected chi connectivity index (χ3v) is 4.73. The first kappa shape index (κ1) is 17.6. The Balaban J connectivity index is 1.60. The lowest BCUT2D eigenvalue weighted by Crippen LogP contribution is -2.46. The number of nitrogens with two attached hydrogens (primary N) is 1. The van der Waals surface area contributed by atoms with Crippen molar-refractivity contribution in [2.75, 3.05) is 19.6 Å². The van der Waals surface area contributed by atoms with Crippen molar-refractivity contribution in [1.82, 2.24) is 20.4 Å². The molecule has 1 aromatic carbocycles. The summed E-state index contributed by atoms with van der Waals surface area (Å²) in [5, 5.41) is 10.6. The highest BCUT2D eigenvalue weighted by molar-refractivity contribution is 5.76. The van der Waals surface area contributed by atoms with Crippen LogP contribution in [0.25, 0.3) is 11.3 Å². The first-order valence-electron chi connectivity index (χ1n) is 9.07. The van der Waals surface area contributed by atoms with Crippen molar-refractivity contribution in [1.29, 1.82) is 0 Å². The van der Waals surface area contributed by atoms with E-state index in [4.69, 9.17) is 5.73 Å². The van der Waals surface area contributed by atoms with Crippen LogP contribution in [0, 0.1) is 0 Å². The molecule has 1 aliphatic heterocycles. The molecule has 0 aliphatic carbocycles. The number of carbonyl (C=O) groups excluding carboxylic acids is 1. The molecular weight excluding hydrogens is 314 g/mol. The van der Waals surface area contributed by atoms with E-state index < -0.39 is 0 Å². The van der Waals surface area contributed by atoms with Gasteiger partial charge in [-0.1, -0.05) is 36.8 Å². The van der Waals surface area contributed by atoms with E-state index in [0.717, 1.165) is 36.5 Å². The highest BCUT2D eigenvalue weighted by Crippen LogP contribution is 2.21. The molecule has 0 radical (unpaired) electrons. The first-order chi connectivity index (χ1) is 12.3. The van der Waals surface area contributed by atoms with Gasteiger partial charge in [0, 0.05) is 43.4 Å². The van der Waals surface area contributed by atoms with E-state index in [1.165, 1.54) is 12.8 Å². The molecule has 1 fully saturated rings. The molecule has 0 spiro atoms. The quantitative estimate of drug-likeness (QED) is 0.718. The summed E-state index contributed by atoms with van der Waals surface area (Å²) in [6.07, 6.45) is 3.93. The predicted octanol–water partition coefficient (Wildman–Crippen LogP) is 1.90. The van der Waals surface area contributed by atoms with Gasteiger partial charge in [-0.25, -0.2) is 0 Å². The number of rotatable bonds is 7. The summed E-state index contributed by atoms with van der Waals surface area (Å²) in [7, 11) is 0. The molecule has 3 rings (SSSR count). The summed E-state index contributed by atoms with van der Waals surface area (Å²) in [6.45, 7) is 2.98. The van der Waals surface area contributed by atoms with E-state index in [-0.39, 0.29) is 5.91 Å². The van der Waals surface area contributed by atoms with Gasteiger partial charge >= 0.3 is 0 Å². The molecule has 1 amide bonds. The summed E-state index contributed by atoms with van der Waals surface area (Å²) in [5.41, 5.74) is 8.64. The molecule has 0 saturated carbocycles. The minimum atomic E-state index is 0.0425. The Morgan fingerprint density at radius 1 is 1.32 bits per heavy atom. The number of hydrogen-bond donors (Lipinski definition) is 3. The number of amides is 1. The van der Waals surface area contributed by atoms with Gasteiger partial charge in [0.05, 0.1) is 5.69 Å². The summed E-state index contributed by atoms with van der Waals surface area (Å²) in [4.78, 5) is 14.1. The monoisotopic (exact) mass is 341 g/mol. The number of piperidine rings is 1. The Hall–Kier alpha value is -2.18. The number of hydrogen-bond acceptors (Lipinski definition) is 4. The van der Waals surface area contributed by atoms with Crippen molar-refractivity contribution >= 4 is 5.91 Å². The zero-order valence-electron chi connectivity index (χ0n) is 14.6. The molecule has 1 saturated heterocycles. The van der Waals surface area contributed by atoms with Gasteiger partial charge in [-0.05, 0) is 25.5 Å². The van der Waals surface area contributed by atoms with E-state index in [1.54, 1.807) is 0 Å². The molecule has 1 aliphatic rings. The Kier molecular flexibility index (Phi) is 6.19. The minimum Gasteiger partial charge on any atom is -0.354 e. The van der Waals surface area contributed by atoms with Crippen molar-refractivity contribution < 1.29 is 4.79 Å². The van der Waals surface area contributed by atoms with Crippen molar-refractivity contribution in [2.45, 2.75) is 38.3 Å². The lowest BCUT2D eigenvalue weighted by Gasteiger charge is -2.35. The highest BCUT2D eigenvalue weighted by Gasteiger charge is 2.23. The van der Waals surface area contributed by atoms with Crippen molar-refractivity contribution in [2.24, 2.45) is 5.73 Å². The number of nitrogens with one attached hydrogen (secondary N) is 2. The van der Waals surface area contributed by atoms with Crippen LogP contribution in [0.3, 0.4) is 0 Å². The molecule has 6 heteroatoms. The maximum absolute atomic E-state index is 11.7. The van der Waals surface area contributed by atoms with Gasteiger partial charge in [0.1, 0.15) is 0 Å². The fraction of sp³-hybridized carbons (Fsp3) is 0.474. The van der Waals surface area contributed by atoms with Gasteiger partial charge in [-0.3, -0.25) is 14.8 Å². The molecule has 2 heterocycles. The molecule has 1 aromatic heterocycles. The van der Waals surface area contributed by atoms with Crippen LogP contribution in [0.4, 0.5) is 0 Å². The third-order valence-electron chi connectivity index (χ3n) is 4.73. The lowest BCUT2D eigenvalue weighted by molar-refractivity contribution is -0.121. The Bertz CT molecular complexity index is 669. The number of nitrogens with zero attached hydrogens (tertiary/aromatic N) is 2. The summed E-state index contributed by atoms with van der Waals surface area (Å²) in [6, 6.07) is 12.7. The minimum absolute atomic E-state index is 0.0425. The standard InChI is InChI=1S/C19H27N5O/c20-10-9-19(25)21-13-17-8-4-5-11-24(17)14-16-12-18(23-22-16)15-6-2-1-3-7-15/h1-3,6-7,12,17H,4-5,8-11,13-14,20H2,(H,21,25)(H,22,23). The molecule has 4 N–H and O–H groups in total. The van der Waals surface area contributed by atoms with E-state index in [0.29, 0.717) is 25.6 Å². The molecular formula is C19H27N5O. The second kappa shape index (κ2) is 8.78. The molecule has 1 unspecified atom stereocenters. The number of likely N-dealkylation sites (tertiary alicyclic amines) is 1. The molecule has 25 heavy (non-hydrogen) atoms. The van der Waals surface area contributed by atoms with E-state index in [1.807, 2.05) is 18.2 Å². The summed E-state index contributed by atoms with van der Waals surface area (Å²) >= 11 is 0. The van der Waals surface area contributed by atoms with E-state index in [2.05, 4.69) is 38.6 Å². The van der Waals surface area contributed by atoms with Gasteiger partial charge in [0.25, 0.3) is 0 Å². The van der Waals surface area contributed by atoms with Gasteiger partial charge in [-0.2, -0.15) is 5.10 Å². The smallest absolute Gasteiger partial charge is 0.221 e. The zero-order chi connectivity index (χ0) is 17.5. The summed E-state index contributed by atoms with van der Waals surface area (Å²) < 4.78 is 0. The van der Waals surface area contributed by atoms with Crippen LogP contribution >= 0.6 is 0 Å². The maximum Gasteiger partial charge on any atom is 0.221 e. The maximum atomic E-state index is 11.7. The van der Waals surface area contributed by atoms with Crippen LogP contribution in [-0.4, -0.2) is 46.7 Å². The zero-order valence-corrected chi connectivity index (χ0v) is 14.6. The van der Waals surface area contributed by atoms with Gasteiger partial charge in [0.15, 0.2) is 0 Å². The van der Waals surface area contributed by atoms with Gasteiger partial charge < -0.3 is 11.1 Å². The van der Waals surface area contributed by atoms with Gasteiger partial charge in [-0.15, -0.1) is 0 Å². The van der Waals surface area contributed by atoms with Crippen LogP contribution < -0.4 is 11.1 Å². The molecule has 6 nitrogen and oxygen atoms in total. The molecule has 134 valence electrons. The Morgan fingerprint density at radius 2 is 2.16 bits per heavy atom. The lowest BCUT2D eigenvalue weighted by atomic mass is 10.0. The highest BCUT2D eigenvalue weighted by atomic mass is 16.1. The predicted molar refractivity (Wildman–Crippen MR) is 98.8 cm³/mol. The molecule has 1 atom stereocenters. The van der Waals surface area contributed by atoms with Crippen molar-refractivity contribution in [3.63, 3.8) is 0 Å². The van der Waals surface area contributed by atoms with Crippen LogP contribution in [0.15, 0.2) is 36.4 Å². The van der Waals surface area contributed by atoms with E-state index in [9.17, 15) is 4.79 Å². The molecule has 0 bridgehead atoms. The van der Waals surface area contributed by atoms with E-state index >= 15 is 0 Å². The molecule has 2 aromatic rings. The number of carbonyl (C=O) groups is 1.